The molecule has 0 saturated carbocycles. The minimum absolute atomic E-state index is 0.0514. The number of carbonyl (C=O) groups excluding carboxylic acids is 1. The lowest BCUT2D eigenvalue weighted by Crippen LogP contribution is -2.41. The number of sulfonamides is 1. The molecule has 1 N–H and O–H groups in total. The molecule has 1 saturated heterocycles. The van der Waals surface area contributed by atoms with Crippen LogP contribution in [-0.4, -0.2) is 55.5 Å². The molecule has 1 aliphatic heterocycles. The number of fused-ring (bicyclic) bond motifs is 1. The number of aromatic nitrogens is 2. The average molecular weight is 466 g/mol. The fourth-order valence-electron chi connectivity index (χ4n) is 3.31. The van der Waals surface area contributed by atoms with E-state index in [0.717, 1.165) is 12.1 Å². The first-order chi connectivity index (χ1) is 15.2. The SMILES string of the molecule is O=C(c1ccc(C(F)(F)F)cc1NS(=O)(=O)c1cccc2nccnc12)N1CCOCC1. The molecule has 0 radical (unpaired) electrons. The van der Waals surface area contributed by atoms with Crippen LogP contribution in [0.1, 0.15) is 15.9 Å². The van der Waals surface area contributed by atoms with E-state index in [4.69, 9.17) is 4.74 Å². The molecule has 4 rings (SSSR count). The predicted molar refractivity (Wildman–Crippen MR) is 109 cm³/mol. The van der Waals surface area contributed by atoms with Gasteiger partial charge in [0.05, 0.1) is 35.5 Å². The highest BCUT2D eigenvalue weighted by Crippen LogP contribution is 2.34. The van der Waals surface area contributed by atoms with Crippen molar-refractivity contribution in [2.45, 2.75) is 11.1 Å². The average Bonchev–Trinajstić information content (AvgIpc) is 2.78. The molecular formula is C20H17F3N4O4S. The van der Waals surface area contributed by atoms with Crippen LogP contribution < -0.4 is 4.72 Å². The van der Waals surface area contributed by atoms with Gasteiger partial charge in [-0.15, -0.1) is 0 Å². The van der Waals surface area contributed by atoms with Crippen LogP contribution in [-0.2, 0) is 20.9 Å². The normalized spacial score (nSPS) is 15.0. The van der Waals surface area contributed by atoms with Gasteiger partial charge in [0.1, 0.15) is 10.4 Å². The van der Waals surface area contributed by atoms with Crippen molar-refractivity contribution in [3.05, 3.63) is 59.9 Å². The lowest BCUT2D eigenvalue weighted by molar-refractivity contribution is -0.137. The van der Waals surface area contributed by atoms with E-state index >= 15 is 0 Å². The number of hydrogen-bond acceptors (Lipinski definition) is 6. The second-order valence-corrected chi connectivity index (χ2v) is 8.60. The van der Waals surface area contributed by atoms with E-state index in [1.165, 1.54) is 29.4 Å². The Labute approximate surface area is 181 Å². The van der Waals surface area contributed by atoms with Gasteiger partial charge in [0.15, 0.2) is 0 Å². The van der Waals surface area contributed by atoms with Crippen molar-refractivity contribution in [1.29, 1.82) is 0 Å². The third-order valence-electron chi connectivity index (χ3n) is 4.87. The highest BCUT2D eigenvalue weighted by atomic mass is 32.2. The molecule has 3 aromatic rings. The highest BCUT2D eigenvalue weighted by molar-refractivity contribution is 7.93. The Morgan fingerprint density at radius 3 is 2.50 bits per heavy atom. The van der Waals surface area contributed by atoms with Crippen LogP contribution in [0.5, 0.6) is 0 Å². The first-order valence-electron chi connectivity index (χ1n) is 9.48. The first-order valence-corrected chi connectivity index (χ1v) is 11.0. The predicted octanol–water partition coefficient (Wildman–Crippen LogP) is 2.92. The Balaban J connectivity index is 1.79. The van der Waals surface area contributed by atoms with Crippen molar-refractivity contribution in [3.63, 3.8) is 0 Å². The third kappa shape index (κ3) is 4.36. The van der Waals surface area contributed by atoms with Crippen LogP contribution in [0.3, 0.4) is 0 Å². The molecule has 32 heavy (non-hydrogen) atoms. The Hall–Kier alpha value is -3.25. The number of para-hydroxylation sites is 1. The van der Waals surface area contributed by atoms with Crippen molar-refractivity contribution in [1.82, 2.24) is 14.9 Å². The number of nitrogens with zero attached hydrogens (tertiary/aromatic N) is 3. The summed E-state index contributed by atoms with van der Waals surface area (Å²) < 4.78 is 73.5. The largest absolute Gasteiger partial charge is 0.416 e. The maximum absolute atomic E-state index is 13.3. The Morgan fingerprint density at radius 2 is 1.78 bits per heavy atom. The van der Waals surface area contributed by atoms with Crippen LogP contribution >= 0.6 is 0 Å². The van der Waals surface area contributed by atoms with Gasteiger partial charge in [-0.1, -0.05) is 6.07 Å². The van der Waals surface area contributed by atoms with E-state index in [1.54, 1.807) is 6.07 Å². The summed E-state index contributed by atoms with van der Waals surface area (Å²) >= 11 is 0. The summed E-state index contributed by atoms with van der Waals surface area (Å²) in [6.45, 7) is 1.04. The van der Waals surface area contributed by atoms with Crippen LogP contribution in [0.2, 0.25) is 0 Å². The van der Waals surface area contributed by atoms with E-state index in [1.807, 2.05) is 0 Å². The number of halogens is 3. The molecule has 0 spiro atoms. The summed E-state index contributed by atoms with van der Waals surface area (Å²) in [4.78, 5) is 22.1. The number of benzene rings is 2. The minimum Gasteiger partial charge on any atom is -0.378 e. The van der Waals surface area contributed by atoms with Crippen LogP contribution in [0.25, 0.3) is 11.0 Å². The number of hydrogen-bond donors (Lipinski definition) is 1. The van der Waals surface area contributed by atoms with E-state index < -0.39 is 33.4 Å². The van der Waals surface area contributed by atoms with Gasteiger partial charge in [-0.2, -0.15) is 13.2 Å². The summed E-state index contributed by atoms with van der Waals surface area (Å²) in [6.07, 6.45) is -2.04. The lowest BCUT2D eigenvalue weighted by Gasteiger charge is -2.28. The monoisotopic (exact) mass is 466 g/mol. The minimum atomic E-state index is -4.73. The molecule has 8 nitrogen and oxygen atoms in total. The number of amides is 1. The number of ether oxygens (including phenoxy) is 1. The van der Waals surface area contributed by atoms with Gasteiger partial charge in [0.25, 0.3) is 15.9 Å². The van der Waals surface area contributed by atoms with Crippen molar-refractivity contribution >= 4 is 32.7 Å². The summed E-state index contributed by atoms with van der Waals surface area (Å²) in [5.41, 5.74) is -1.42. The van der Waals surface area contributed by atoms with Crippen LogP contribution in [0, 0.1) is 0 Å². The molecular weight excluding hydrogens is 449 g/mol. The van der Waals surface area contributed by atoms with E-state index in [0.29, 0.717) is 11.6 Å². The first kappa shape index (κ1) is 22.0. The number of alkyl halides is 3. The Morgan fingerprint density at radius 1 is 1.06 bits per heavy atom. The van der Waals surface area contributed by atoms with E-state index in [9.17, 15) is 26.4 Å². The van der Waals surface area contributed by atoms with Crippen molar-refractivity contribution in [2.24, 2.45) is 0 Å². The number of anilines is 1. The molecule has 2 aromatic carbocycles. The maximum atomic E-state index is 13.3. The lowest BCUT2D eigenvalue weighted by atomic mass is 10.1. The molecule has 2 heterocycles. The van der Waals surface area contributed by atoms with Gasteiger partial charge < -0.3 is 9.64 Å². The van der Waals surface area contributed by atoms with Gasteiger partial charge >= 0.3 is 6.18 Å². The fraction of sp³-hybridized carbons (Fsp3) is 0.250. The Kier molecular flexibility index (Phi) is 5.73. The molecule has 0 atom stereocenters. The quantitative estimate of drug-likeness (QED) is 0.635. The highest BCUT2D eigenvalue weighted by Gasteiger charge is 2.33. The molecule has 1 amide bonds. The molecule has 1 fully saturated rings. The molecule has 1 aromatic heterocycles. The van der Waals surface area contributed by atoms with Gasteiger partial charge in [-0.25, -0.2) is 8.42 Å². The van der Waals surface area contributed by atoms with Gasteiger partial charge in [0.2, 0.25) is 0 Å². The van der Waals surface area contributed by atoms with Gasteiger partial charge in [-0.3, -0.25) is 19.5 Å². The summed E-state index contributed by atoms with van der Waals surface area (Å²) in [7, 11) is -4.40. The zero-order valence-electron chi connectivity index (χ0n) is 16.5. The summed E-state index contributed by atoms with van der Waals surface area (Å²) in [5.74, 6) is -0.600. The smallest absolute Gasteiger partial charge is 0.378 e. The topological polar surface area (TPSA) is 101 Å². The fourth-order valence-corrected chi connectivity index (χ4v) is 4.55. The van der Waals surface area contributed by atoms with Crippen molar-refractivity contribution in [3.8, 4) is 0 Å². The zero-order chi connectivity index (χ0) is 22.9. The Bertz CT molecular complexity index is 1270. The molecule has 12 heteroatoms. The molecule has 0 bridgehead atoms. The molecule has 168 valence electrons. The molecule has 0 unspecified atom stereocenters. The summed E-state index contributed by atoms with van der Waals surface area (Å²) in [5, 5.41) is 0. The third-order valence-corrected chi connectivity index (χ3v) is 6.27. The van der Waals surface area contributed by atoms with Gasteiger partial charge in [0, 0.05) is 25.5 Å². The van der Waals surface area contributed by atoms with Crippen LogP contribution in [0.4, 0.5) is 18.9 Å². The van der Waals surface area contributed by atoms with Crippen molar-refractivity contribution in [2.75, 3.05) is 31.0 Å². The van der Waals surface area contributed by atoms with E-state index in [2.05, 4.69) is 14.7 Å². The summed E-state index contributed by atoms with van der Waals surface area (Å²) in [6, 6.07) is 6.59. The standard InChI is InChI=1S/C20H17F3N4O4S/c21-20(22,23)13-4-5-14(19(28)27-8-10-31-11-9-27)16(12-13)26-32(29,30)17-3-1-2-15-18(17)25-7-6-24-15/h1-7,12,26H,8-11H2. The maximum Gasteiger partial charge on any atom is 0.416 e. The number of morpholine rings is 1. The molecule has 0 aliphatic carbocycles. The van der Waals surface area contributed by atoms with Crippen LogP contribution in [0.15, 0.2) is 53.7 Å². The van der Waals surface area contributed by atoms with Crippen molar-refractivity contribution < 1.29 is 31.1 Å². The second-order valence-electron chi connectivity index (χ2n) is 6.95. The van der Waals surface area contributed by atoms with E-state index in [-0.39, 0.29) is 42.3 Å². The number of rotatable bonds is 4. The number of carbonyl (C=O) groups is 1. The number of nitrogens with one attached hydrogen (secondary N) is 1. The zero-order valence-corrected chi connectivity index (χ0v) is 17.3. The van der Waals surface area contributed by atoms with Gasteiger partial charge in [-0.05, 0) is 30.3 Å². The molecule has 1 aliphatic rings. The second kappa shape index (κ2) is 8.36.